The Labute approximate surface area is 115 Å². The molecule has 102 valence electrons. The summed E-state index contributed by atoms with van der Waals surface area (Å²) < 4.78 is 0. The summed E-state index contributed by atoms with van der Waals surface area (Å²) in [6.45, 7) is 2.13. The summed E-state index contributed by atoms with van der Waals surface area (Å²) in [6, 6.07) is -0.664. The molecule has 2 atom stereocenters. The maximum Gasteiger partial charge on any atom is 0.326 e. The van der Waals surface area contributed by atoms with Crippen molar-refractivity contribution in [3.8, 4) is 0 Å². The first kappa shape index (κ1) is 15.3. The molecule has 0 amide bonds. The van der Waals surface area contributed by atoms with Gasteiger partial charge >= 0.3 is 5.97 Å². The van der Waals surface area contributed by atoms with E-state index in [-0.39, 0.29) is 0 Å². The van der Waals surface area contributed by atoms with E-state index >= 15 is 0 Å². The molecule has 0 bridgehead atoms. The van der Waals surface area contributed by atoms with Gasteiger partial charge in [0, 0.05) is 18.5 Å². The molecule has 1 heterocycles. The SMILES string of the molecule is CSCCC(C)N(C)c1nc(C(N)C(=O)O)cs1. The van der Waals surface area contributed by atoms with Gasteiger partial charge in [-0.3, -0.25) is 4.79 Å². The zero-order valence-electron chi connectivity index (χ0n) is 10.8. The highest BCUT2D eigenvalue weighted by atomic mass is 32.2. The summed E-state index contributed by atoms with van der Waals surface area (Å²) in [7, 11) is 1.97. The Morgan fingerprint density at radius 2 is 2.39 bits per heavy atom. The average Bonchev–Trinajstić information content (AvgIpc) is 2.83. The van der Waals surface area contributed by atoms with Crippen molar-refractivity contribution in [3.05, 3.63) is 11.1 Å². The third-order valence-electron chi connectivity index (χ3n) is 2.80. The first-order valence-corrected chi connectivity index (χ1v) is 7.90. The highest BCUT2D eigenvalue weighted by Gasteiger charge is 2.20. The van der Waals surface area contributed by atoms with Crippen molar-refractivity contribution in [3.63, 3.8) is 0 Å². The summed E-state index contributed by atoms with van der Waals surface area (Å²) in [5.74, 6) is 0.0446. The molecule has 7 heteroatoms. The van der Waals surface area contributed by atoms with Crippen LogP contribution < -0.4 is 10.6 Å². The number of hydrogen-bond donors (Lipinski definition) is 2. The van der Waals surface area contributed by atoms with Crippen molar-refractivity contribution < 1.29 is 9.90 Å². The molecule has 1 rings (SSSR count). The minimum absolute atomic E-state index is 0.373. The number of nitrogens with two attached hydrogens (primary N) is 1. The van der Waals surface area contributed by atoms with E-state index in [4.69, 9.17) is 10.8 Å². The van der Waals surface area contributed by atoms with E-state index in [1.54, 1.807) is 5.38 Å². The van der Waals surface area contributed by atoms with Crippen LogP contribution in [0.4, 0.5) is 5.13 Å². The van der Waals surface area contributed by atoms with Gasteiger partial charge in [0.2, 0.25) is 0 Å². The smallest absolute Gasteiger partial charge is 0.326 e. The number of thiazole rings is 1. The molecule has 0 saturated carbocycles. The number of anilines is 1. The zero-order valence-corrected chi connectivity index (χ0v) is 12.4. The van der Waals surface area contributed by atoms with Crippen molar-refractivity contribution in [1.82, 2.24) is 4.98 Å². The molecular weight excluding hydrogens is 270 g/mol. The van der Waals surface area contributed by atoms with Gasteiger partial charge in [-0.2, -0.15) is 11.8 Å². The Kier molecular flexibility index (Phi) is 5.90. The number of carbonyl (C=O) groups is 1. The van der Waals surface area contributed by atoms with Crippen molar-refractivity contribution in [2.24, 2.45) is 5.73 Å². The van der Waals surface area contributed by atoms with E-state index in [0.29, 0.717) is 11.7 Å². The van der Waals surface area contributed by atoms with Gasteiger partial charge in [-0.05, 0) is 25.4 Å². The Morgan fingerprint density at radius 1 is 1.72 bits per heavy atom. The fourth-order valence-electron chi connectivity index (χ4n) is 1.38. The lowest BCUT2D eigenvalue weighted by Gasteiger charge is -2.23. The molecule has 0 radical (unpaired) electrons. The molecule has 0 aliphatic carbocycles. The first-order valence-electron chi connectivity index (χ1n) is 5.63. The van der Waals surface area contributed by atoms with E-state index in [0.717, 1.165) is 17.3 Å². The number of rotatable bonds is 7. The molecule has 0 aromatic carbocycles. The molecule has 0 spiro atoms. The summed E-state index contributed by atoms with van der Waals surface area (Å²) in [5.41, 5.74) is 5.95. The Morgan fingerprint density at radius 3 is 2.94 bits per heavy atom. The van der Waals surface area contributed by atoms with Gasteiger partial charge in [-0.1, -0.05) is 0 Å². The lowest BCUT2D eigenvalue weighted by atomic mass is 10.2. The molecule has 5 nitrogen and oxygen atoms in total. The Bertz CT molecular complexity index is 397. The molecule has 2 unspecified atom stereocenters. The van der Waals surface area contributed by atoms with Gasteiger partial charge in [0.15, 0.2) is 5.13 Å². The molecule has 0 saturated heterocycles. The van der Waals surface area contributed by atoms with Crippen molar-refractivity contribution in [1.29, 1.82) is 0 Å². The van der Waals surface area contributed by atoms with Crippen molar-refractivity contribution in [2.75, 3.05) is 24.0 Å². The van der Waals surface area contributed by atoms with Crippen LogP contribution in [-0.4, -0.2) is 41.2 Å². The van der Waals surface area contributed by atoms with Gasteiger partial charge < -0.3 is 15.7 Å². The zero-order chi connectivity index (χ0) is 13.7. The lowest BCUT2D eigenvalue weighted by Crippen LogP contribution is -2.29. The van der Waals surface area contributed by atoms with Crippen LogP contribution in [0.3, 0.4) is 0 Å². The van der Waals surface area contributed by atoms with E-state index in [1.807, 2.05) is 18.8 Å². The van der Waals surface area contributed by atoms with Crippen LogP contribution in [0.5, 0.6) is 0 Å². The minimum atomic E-state index is -1.05. The normalized spacial score (nSPS) is 14.2. The van der Waals surface area contributed by atoms with Crippen LogP contribution in [-0.2, 0) is 4.79 Å². The van der Waals surface area contributed by atoms with E-state index < -0.39 is 12.0 Å². The van der Waals surface area contributed by atoms with Crippen LogP contribution in [0.25, 0.3) is 0 Å². The highest BCUT2D eigenvalue weighted by molar-refractivity contribution is 7.98. The second-order valence-electron chi connectivity index (χ2n) is 4.11. The van der Waals surface area contributed by atoms with Gasteiger partial charge in [0.25, 0.3) is 0 Å². The maximum absolute atomic E-state index is 10.8. The number of aromatic nitrogens is 1. The molecule has 1 aromatic heterocycles. The van der Waals surface area contributed by atoms with Crippen molar-refractivity contribution >= 4 is 34.2 Å². The van der Waals surface area contributed by atoms with Gasteiger partial charge in [0.05, 0.1) is 5.69 Å². The number of carboxylic acid groups (broad SMARTS) is 1. The van der Waals surface area contributed by atoms with E-state index in [1.165, 1.54) is 11.3 Å². The predicted octanol–water partition coefficient (Wildman–Crippen LogP) is 1.81. The minimum Gasteiger partial charge on any atom is -0.480 e. The summed E-state index contributed by atoms with van der Waals surface area (Å²) in [4.78, 5) is 17.1. The molecule has 0 aliphatic heterocycles. The lowest BCUT2D eigenvalue weighted by molar-refractivity contribution is -0.138. The first-order chi connectivity index (χ1) is 8.47. The third kappa shape index (κ3) is 3.86. The van der Waals surface area contributed by atoms with Crippen LogP contribution in [0, 0.1) is 0 Å². The summed E-state index contributed by atoms with van der Waals surface area (Å²) >= 11 is 3.25. The largest absolute Gasteiger partial charge is 0.480 e. The molecule has 0 fully saturated rings. The van der Waals surface area contributed by atoms with Crippen LogP contribution in [0.15, 0.2) is 5.38 Å². The fraction of sp³-hybridized carbons (Fsp3) is 0.636. The molecular formula is C11H19N3O2S2. The number of thioether (sulfide) groups is 1. The van der Waals surface area contributed by atoms with Gasteiger partial charge in [-0.15, -0.1) is 11.3 Å². The topological polar surface area (TPSA) is 79.5 Å². The van der Waals surface area contributed by atoms with Crippen molar-refractivity contribution in [2.45, 2.75) is 25.4 Å². The monoisotopic (exact) mass is 289 g/mol. The highest BCUT2D eigenvalue weighted by Crippen LogP contribution is 2.25. The fourth-order valence-corrected chi connectivity index (χ4v) is 2.88. The predicted molar refractivity (Wildman–Crippen MR) is 77.5 cm³/mol. The Hall–Kier alpha value is -0.790. The van der Waals surface area contributed by atoms with Crippen LogP contribution >= 0.6 is 23.1 Å². The van der Waals surface area contributed by atoms with Crippen LogP contribution in [0.2, 0.25) is 0 Å². The second kappa shape index (κ2) is 6.96. The van der Waals surface area contributed by atoms with Gasteiger partial charge in [-0.25, -0.2) is 4.98 Å². The number of nitrogens with zero attached hydrogens (tertiary/aromatic N) is 2. The molecule has 0 aliphatic rings. The third-order valence-corrected chi connectivity index (χ3v) is 4.39. The molecule has 3 N–H and O–H groups in total. The Balaban J connectivity index is 2.69. The standard InChI is InChI=1S/C11H19N3O2S2/c1-7(4-5-17-3)14(2)11-13-8(6-18-11)9(12)10(15)16/h6-7,9H,4-5,12H2,1-3H3,(H,15,16). The number of carboxylic acids is 1. The summed E-state index contributed by atoms with van der Waals surface area (Å²) in [6.07, 6.45) is 3.15. The quantitative estimate of drug-likeness (QED) is 0.797. The molecule has 18 heavy (non-hydrogen) atoms. The van der Waals surface area contributed by atoms with Gasteiger partial charge in [0.1, 0.15) is 6.04 Å². The maximum atomic E-state index is 10.8. The number of hydrogen-bond acceptors (Lipinski definition) is 6. The number of aliphatic carboxylic acids is 1. The van der Waals surface area contributed by atoms with E-state index in [2.05, 4.69) is 23.1 Å². The van der Waals surface area contributed by atoms with E-state index in [9.17, 15) is 4.79 Å². The average molecular weight is 289 g/mol. The van der Waals surface area contributed by atoms with Crippen LogP contribution in [0.1, 0.15) is 25.1 Å². The summed E-state index contributed by atoms with van der Waals surface area (Å²) in [5, 5.41) is 11.4. The molecule has 1 aromatic rings. The second-order valence-corrected chi connectivity index (χ2v) is 5.93.